The van der Waals surface area contributed by atoms with Gasteiger partial charge in [-0.1, -0.05) is 20.8 Å². The standard InChI is InChI=1S/C11H19ClN2/c1-11(2,3)10(12)6-5-9-7-13-14(4)8-9/h7-8,10H,5-6H2,1-4H3. The number of hydrogen-bond acceptors (Lipinski definition) is 1. The average Bonchev–Trinajstić information content (AvgIpc) is 2.45. The second-order valence-corrected chi connectivity index (χ2v) is 5.42. The zero-order valence-corrected chi connectivity index (χ0v) is 10.2. The fourth-order valence-corrected chi connectivity index (χ4v) is 1.44. The van der Waals surface area contributed by atoms with Gasteiger partial charge in [0.1, 0.15) is 0 Å². The first-order valence-corrected chi connectivity index (χ1v) is 5.45. The van der Waals surface area contributed by atoms with Crippen LogP contribution in [0.15, 0.2) is 12.4 Å². The van der Waals surface area contributed by atoms with E-state index >= 15 is 0 Å². The summed E-state index contributed by atoms with van der Waals surface area (Å²) in [6.45, 7) is 6.52. The van der Waals surface area contributed by atoms with Crippen molar-refractivity contribution in [2.75, 3.05) is 0 Å². The first-order chi connectivity index (χ1) is 6.39. The van der Waals surface area contributed by atoms with Crippen LogP contribution in [0.5, 0.6) is 0 Å². The molecule has 0 N–H and O–H groups in total. The largest absolute Gasteiger partial charge is 0.276 e. The highest BCUT2D eigenvalue weighted by atomic mass is 35.5. The number of nitrogens with zero attached hydrogens (tertiary/aromatic N) is 2. The zero-order chi connectivity index (χ0) is 10.8. The molecule has 1 heterocycles. The lowest BCUT2D eigenvalue weighted by Crippen LogP contribution is -2.21. The highest BCUT2D eigenvalue weighted by Crippen LogP contribution is 2.27. The molecular formula is C11H19ClN2. The van der Waals surface area contributed by atoms with Gasteiger partial charge in [0.25, 0.3) is 0 Å². The summed E-state index contributed by atoms with van der Waals surface area (Å²) >= 11 is 6.29. The fraction of sp³-hybridized carbons (Fsp3) is 0.727. The molecule has 3 heteroatoms. The summed E-state index contributed by atoms with van der Waals surface area (Å²) in [5.41, 5.74) is 1.45. The second-order valence-electron chi connectivity index (χ2n) is 4.89. The van der Waals surface area contributed by atoms with Crippen LogP contribution in [0.3, 0.4) is 0 Å². The van der Waals surface area contributed by atoms with Crippen LogP contribution in [0.2, 0.25) is 0 Å². The van der Waals surface area contributed by atoms with Crippen LogP contribution in [0.4, 0.5) is 0 Å². The maximum Gasteiger partial charge on any atom is 0.0521 e. The SMILES string of the molecule is Cn1cc(CCC(Cl)C(C)(C)C)cn1. The summed E-state index contributed by atoms with van der Waals surface area (Å²) in [6.07, 6.45) is 5.98. The molecule has 0 fully saturated rings. The van der Waals surface area contributed by atoms with Crippen LogP contribution in [0, 0.1) is 5.41 Å². The molecule has 1 atom stereocenters. The predicted molar refractivity (Wildman–Crippen MR) is 60.6 cm³/mol. The third-order valence-electron chi connectivity index (χ3n) is 2.38. The summed E-state index contributed by atoms with van der Waals surface area (Å²) in [7, 11) is 1.94. The van der Waals surface area contributed by atoms with Crippen LogP contribution >= 0.6 is 11.6 Å². The van der Waals surface area contributed by atoms with E-state index in [4.69, 9.17) is 11.6 Å². The number of aryl methyl sites for hydroxylation is 2. The molecular weight excluding hydrogens is 196 g/mol. The van der Waals surface area contributed by atoms with E-state index in [1.165, 1.54) is 5.56 Å². The van der Waals surface area contributed by atoms with Gasteiger partial charge in [-0.25, -0.2) is 0 Å². The normalized spacial score (nSPS) is 14.4. The first kappa shape index (κ1) is 11.6. The summed E-state index contributed by atoms with van der Waals surface area (Å²) in [4.78, 5) is 0. The van der Waals surface area contributed by atoms with Gasteiger partial charge in [-0.15, -0.1) is 11.6 Å². The maximum atomic E-state index is 6.29. The quantitative estimate of drug-likeness (QED) is 0.708. The Balaban J connectivity index is 2.41. The Morgan fingerprint density at radius 1 is 1.50 bits per heavy atom. The van der Waals surface area contributed by atoms with E-state index in [0.717, 1.165) is 12.8 Å². The molecule has 0 saturated carbocycles. The van der Waals surface area contributed by atoms with Gasteiger partial charge in [0.15, 0.2) is 0 Å². The van der Waals surface area contributed by atoms with Gasteiger partial charge in [0.05, 0.1) is 6.20 Å². The summed E-state index contributed by atoms with van der Waals surface area (Å²) in [6, 6.07) is 0. The van der Waals surface area contributed by atoms with E-state index in [9.17, 15) is 0 Å². The number of aromatic nitrogens is 2. The smallest absolute Gasteiger partial charge is 0.0521 e. The molecule has 1 aromatic heterocycles. The lowest BCUT2D eigenvalue weighted by molar-refractivity contribution is 0.374. The molecule has 80 valence electrons. The molecule has 0 aliphatic heterocycles. The van der Waals surface area contributed by atoms with Gasteiger partial charge in [-0.05, 0) is 23.8 Å². The van der Waals surface area contributed by atoms with Gasteiger partial charge >= 0.3 is 0 Å². The molecule has 0 aromatic carbocycles. The molecule has 0 amide bonds. The minimum atomic E-state index is 0.184. The van der Waals surface area contributed by atoms with Crippen LogP contribution in [0.25, 0.3) is 0 Å². The molecule has 0 aliphatic rings. The van der Waals surface area contributed by atoms with E-state index in [1.807, 2.05) is 24.1 Å². The van der Waals surface area contributed by atoms with Crippen LogP contribution in [-0.2, 0) is 13.5 Å². The third kappa shape index (κ3) is 3.33. The van der Waals surface area contributed by atoms with E-state index in [-0.39, 0.29) is 10.8 Å². The zero-order valence-electron chi connectivity index (χ0n) is 9.42. The lowest BCUT2D eigenvalue weighted by atomic mass is 9.88. The Hall–Kier alpha value is -0.500. The molecule has 0 spiro atoms. The van der Waals surface area contributed by atoms with Crippen molar-refractivity contribution in [2.45, 2.75) is 39.0 Å². The van der Waals surface area contributed by atoms with Gasteiger partial charge in [-0.3, -0.25) is 4.68 Å². The number of alkyl halides is 1. The highest BCUT2D eigenvalue weighted by Gasteiger charge is 2.21. The van der Waals surface area contributed by atoms with Gasteiger partial charge in [0.2, 0.25) is 0 Å². The summed E-state index contributed by atoms with van der Waals surface area (Å²) in [5.74, 6) is 0. The molecule has 1 rings (SSSR count). The lowest BCUT2D eigenvalue weighted by Gasteiger charge is -2.24. The van der Waals surface area contributed by atoms with Crippen molar-refractivity contribution >= 4 is 11.6 Å². The van der Waals surface area contributed by atoms with Gasteiger partial charge in [-0.2, -0.15) is 5.10 Å². The minimum absolute atomic E-state index is 0.184. The minimum Gasteiger partial charge on any atom is -0.276 e. The fourth-order valence-electron chi connectivity index (χ4n) is 1.33. The molecule has 1 unspecified atom stereocenters. The van der Waals surface area contributed by atoms with Crippen LogP contribution in [0.1, 0.15) is 32.8 Å². The average molecular weight is 215 g/mol. The topological polar surface area (TPSA) is 17.8 Å². The molecule has 14 heavy (non-hydrogen) atoms. The summed E-state index contributed by atoms with van der Waals surface area (Å²) < 4.78 is 1.83. The van der Waals surface area contributed by atoms with Crippen molar-refractivity contribution in [1.82, 2.24) is 9.78 Å². The van der Waals surface area contributed by atoms with Crippen molar-refractivity contribution < 1.29 is 0 Å². The van der Waals surface area contributed by atoms with Crippen molar-refractivity contribution in [3.63, 3.8) is 0 Å². The van der Waals surface area contributed by atoms with Crippen LogP contribution in [-0.4, -0.2) is 15.2 Å². The molecule has 0 bridgehead atoms. The van der Waals surface area contributed by atoms with Crippen molar-refractivity contribution in [3.8, 4) is 0 Å². The Kier molecular flexibility index (Phi) is 3.59. The Morgan fingerprint density at radius 3 is 2.57 bits per heavy atom. The maximum absolute atomic E-state index is 6.29. The predicted octanol–water partition coefficient (Wildman–Crippen LogP) is 3.01. The van der Waals surface area contributed by atoms with Crippen molar-refractivity contribution in [1.29, 1.82) is 0 Å². The monoisotopic (exact) mass is 214 g/mol. The molecule has 0 saturated heterocycles. The van der Waals surface area contributed by atoms with Crippen LogP contribution < -0.4 is 0 Å². The number of rotatable bonds is 3. The van der Waals surface area contributed by atoms with Crippen molar-refractivity contribution in [2.24, 2.45) is 12.5 Å². The van der Waals surface area contributed by atoms with Gasteiger partial charge < -0.3 is 0 Å². The molecule has 0 aliphatic carbocycles. The van der Waals surface area contributed by atoms with Crippen molar-refractivity contribution in [3.05, 3.63) is 18.0 Å². The van der Waals surface area contributed by atoms with E-state index < -0.39 is 0 Å². The van der Waals surface area contributed by atoms with E-state index in [0.29, 0.717) is 0 Å². The van der Waals surface area contributed by atoms with Gasteiger partial charge in [0, 0.05) is 18.6 Å². The number of hydrogen-bond donors (Lipinski definition) is 0. The number of halogens is 1. The third-order valence-corrected chi connectivity index (χ3v) is 3.26. The first-order valence-electron chi connectivity index (χ1n) is 5.01. The Morgan fingerprint density at radius 2 is 2.14 bits per heavy atom. The molecule has 1 aromatic rings. The molecule has 2 nitrogen and oxygen atoms in total. The highest BCUT2D eigenvalue weighted by molar-refractivity contribution is 6.21. The van der Waals surface area contributed by atoms with E-state index in [1.54, 1.807) is 0 Å². The summed E-state index contributed by atoms with van der Waals surface area (Å²) in [5, 5.41) is 4.36. The Labute approximate surface area is 91.3 Å². The van der Waals surface area contributed by atoms with E-state index in [2.05, 4.69) is 25.9 Å². The second kappa shape index (κ2) is 4.35. The molecule has 0 radical (unpaired) electrons. The Bertz CT molecular complexity index is 286.